The van der Waals surface area contributed by atoms with E-state index in [9.17, 15) is 4.79 Å². The molecule has 0 aromatic carbocycles. The average Bonchev–Trinajstić information content (AvgIpc) is 2.24. The minimum atomic E-state index is -0.328. The second-order valence-corrected chi connectivity index (χ2v) is 4.68. The van der Waals surface area contributed by atoms with Gasteiger partial charge in [0.25, 0.3) is 0 Å². The van der Waals surface area contributed by atoms with Gasteiger partial charge in [0.15, 0.2) is 15.5 Å². The maximum absolute atomic E-state index is 11.0. The lowest BCUT2D eigenvalue weighted by Gasteiger charge is -1.98. The van der Waals surface area contributed by atoms with Gasteiger partial charge in [0.05, 0.1) is 14.2 Å². The van der Waals surface area contributed by atoms with Gasteiger partial charge in [-0.3, -0.25) is 4.79 Å². The van der Waals surface area contributed by atoms with Crippen molar-refractivity contribution in [1.82, 2.24) is 0 Å². The van der Waals surface area contributed by atoms with Crippen molar-refractivity contribution >= 4 is 15.5 Å². The Morgan fingerprint density at radius 2 is 1.80 bits per heavy atom. The summed E-state index contributed by atoms with van der Waals surface area (Å²) in [6.07, 6.45) is 1.61. The van der Waals surface area contributed by atoms with Crippen LogP contribution in [0.15, 0.2) is 12.2 Å². The number of carbonyl (C=O) groups is 1. The van der Waals surface area contributed by atoms with Gasteiger partial charge in [0.1, 0.15) is 0 Å². The second kappa shape index (κ2) is 13.5. The summed E-state index contributed by atoms with van der Waals surface area (Å²) >= 11 is 0. The third kappa shape index (κ3) is 16.2. The predicted molar refractivity (Wildman–Crippen MR) is 63.4 cm³/mol. The number of allylic oxidation sites excluding steroid dienone is 1. The smallest absolute Gasteiger partial charge is 0.161 e. The third-order valence-corrected chi connectivity index (χ3v) is 2.84. The first-order valence-electron chi connectivity index (χ1n) is 4.84. The summed E-state index contributed by atoms with van der Waals surface area (Å²) in [5.41, 5.74) is 0.670. The zero-order valence-corrected chi connectivity index (χ0v) is 11.6. The minimum Gasteiger partial charge on any atom is -0.427 e. The van der Waals surface area contributed by atoms with Gasteiger partial charge in [0, 0.05) is 13.5 Å². The summed E-state index contributed by atoms with van der Waals surface area (Å²) in [7, 11) is 4.32. The normalized spacial score (nSPS) is 9.87. The molecule has 0 radical (unpaired) electrons. The number of carbonyl (C=O) groups excluding carboxylic acids is 1. The van der Waals surface area contributed by atoms with Crippen molar-refractivity contribution in [2.24, 2.45) is 0 Å². The molecular weight excluding hydrogens is 212 g/mol. The Morgan fingerprint density at radius 3 is 2.13 bits per heavy atom. The van der Waals surface area contributed by atoms with Gasteiger partial charge >= 0.3 is 0 Å². The molecule has 0 atom stereocenters. The summed E-state index contributed by atoms with van der Waals surface area (Å²) in [4.78, 5) is 19.1. The highest BCUT2D eigenvalue weighted by Crippen LogP contribution is 2.01. The summed E-state index contributed by atoms with van der Waals surface area (Å²) < 4.78 is 4.99. The molecule has 0 heterocycles. The Bertz CT molecular complexity index is 169. The Balaban J connectivity index is 0. The molecule has 5 heteroatoms. The highest BCUT2D eigenvalue weighted by atomic mass is 28.2. The van der Waals surface area contributed by atoms with Crippen molar-refractivity contribution in [3.8, 4) is 0 Å². The molecule has 0 aliphatic rings. The van der Waals surface area contributed by atoms with Crippen LogP contribution in [-0.4, -0.2) is 36.9 Å². The van der Waals surface area contributed by atoms with Gasteiger partial charge in [-0.15, -0.1) is 0 Å². The van der Waals surface area contributed by atoms with E-state index in [1.807, 2.05) is 0 Å². The fourth-order valence-corrected chi connectivity index (χ4v) is 1.49. The van der Waals surface area contributed by atoms with Gasteiger partial charge in [0.2, 0.25) is 0 Å². The molecule has 0 aliphatic carbocycles. The average molecular weight is 234 g/mol. The van der Waals surface area contributed by atoms with Crippen molar-refractivity contribution in [1.29, 1.82) is 0 Å². The molecule has 0 N–H and O–H groups in total. The maximum atomic E-state index is 11.0. The van der Waals surface area contributed by atoms with Crippen LogP contribution in [0.3, 0.4) is 0 Å². The monoisotopic (exact) mass is 234 g/mol. The molecule has 4 nitrogen and oxygen atoms in total. The molecule has 0 aliphatic heterocycles. The SMILES string of the molecule is C=C(C)C(=O)CCC[SiH2]OC.COOC. The predicted octanol–water partition coefficient (Wildman–Crippen LogP) is 1.25. The summed E-state index contributed by atoms with van der Waals surface area (Å²) in [6.45, 7) is 5.34. The molecule has 90 valence electrons. The molecule has 0 fully saturated rings. The second-order valence-electron chi connectivity index (χ2n) is 2.99. The molecule has 0 rings (SSSR count). The molecule has 0 saturated carbocycles. The summed E-state index contributed by atoms with van der Waals surface area (Å²) in [5.74, 6) is 0.190. The zero-order chi connectivity index (χ0) is 12.1. The van der Waals surface area contributed by atoms with Gasteiger partial charge < -0.3 is 4.43 Å². The summed E-state index contributed by atoms with van der Waals surface area (Å²) in [6, 6.07) is 1.09. The van der Waals surface area contributed by atoms with Crippen LogP contribution in [0.5, 0.6) is 0 Å². The van der Waals surface area contributed by atoms with Crippen LogP contribution < -0.4 is 0 Å². The molecule has 0 amide bonds. The van der Waals surface area contributed by atoms with Gasteiger partial charge in [-0.05, 0) is 25.0 Å². The first-order chi connectivity index (χ1) is 7.09. The maximum Gasteiger partial charge on any atom is 0.161 e. The molecule has 0 bridgehead atoms. The van der Waals surface area contributed by atoms with Crippen molar-refractivity contribution < 1.29 is 19.0 Å². The van der Waals surface area contributed by atoms with Crippen LogP contribution >= 0.6 is 0 Å². The van der Waals surface area contributed by atoms with E-state index in [0.29, 0.717) is 12.0 Å². The van der Waals surface area contributed by atoms with E-state index in [1.165, 1.54) is 14.2 Å². The lowest BCUT2D eigenvalue weighted by Crippen LogP contribution is -2.00. The number of hydrogen-bond donors (Lipinski definition) is 0. The van der Waals surface area contributed by atoms with E-state index >= 15 is 0 Å². The Kier molecular flexibility index (Phi) is 15.2. The summed E-state index contributed by atoms with van der Waals surface area (Å²) in [5, 5.41) is 0. The van der Waals surface area contributed by atoms with Crippen molar-refractivity contribution in [2.75, 3.05) is 21.3 Å². The molecule has 0 saturated heterocycles. The fourth-order valence-electron chi connectivity index (χ4n) is 0.745. The lowest BCUT2D eigenvalue weighted by molar-refractivity contribution is -0.248. The minimum absolute atomic E-state index is 0.190. The first-order valence-corrected chi connectivity index (χ1v) is 6.42. The van der Waals surface area contributed by atoms with E-state index in [2.05, 4.69) is 16.4 Å². The fraction of sp³-hybridized carbons (Fsp3) is 0.700. The number of hydrogen-bond acceptors (Lipinski definition) is 4. The first kappa shape index (κ1) is 16.9. The van der Waals surface area contributed by atoms with E-state index in [0.717, 1.165) is 12.5 Å². The van der Waals surface area contributed by atoms with E-state index in [4.69, 9.17) is 4.43 Å². The van der Waals surface area contributed by atoms with Crippen LogP contribution in [0.2, 0.25) is 6.04 Å². The van der Waals surface area contributed by atoms with Crippen LogP contribution in [0.25, 0.3) is 0 Å². The van der Waals surface area contributed by atoms with Gasteiger partial charge in [-0.2, -0.15) is 0 Å². The van der Waals surface area contributed by atoms with Crippen LogP contribution in [0.1, 0.15) is 19.8 Å². The van der Waals surface area contributed by atoms with E-state index in [-0.39, 0.29) is 15.5 Å². The number of rotatable bonds is 7. The van der Waals surface area contributed by atoms with Crippen LogP contribution in [-0.2, 0) is 19.0 Å². The topological polar surface area (TPSA) is 44.8 Å². The van der Waals surface area contributed by atoms with Gasteiger partial charge in [-0.25, -0.2) is 9.78 Å². The Labute approximate surface area is 94.5 Å². The number of Topliss-reactive ketones (excluding diaryl/α,β-unsaturated/α-hetero) is 1. The van der Waals surface area contributed by atoms with Crippen molar-refractivity contribution in [3.05, 3.63) is 12.2 Å². The van der Waals surface area contributed by atoms with Crippen molar-refractivity contribution in [3.63, 3.8) is 0 Å². The van der Waals surface area contributed by atoms with Gasteiger partial charge in [-0.1, -0.05) is 6.58 Å². The molecule has 0 spiro atoms. The number of ketones is 1. The molecule has 0 aromatic rings. The third-order valence-electron chi connectivity index (χ3n) is 1.64. The highest BCUT2D eigenvalue weighted by molar-refractivity contribution is 6.26. The zero-order valence-electron chi connectivity index (χ0n) is 10.2. The molecule has 0 aromatic heterocycles. The Hall–Kier alpha value is -0.493. The largest absolute Gasteiger partial charge is 0.427 e. The molecular formula is C10H22O4Si. The van der Waals surface area contributed by atoms with Crippen LogP contribution in [0.4, 0.5) is 0 Å². The Morgan fingerprint density at radius 1 is 1.27 bits per heavy atom. The standard InChI is InChI=1S/C8H16O2Si.C2H6O2/c1-7(2)8(9)5-4-6-11-10-3;1-3-4-2/h1,4-6,11H2,2-3H3;1-2H3. The molecule has 15 heavy (non-hydrogen) atoms. The quantitative estimate of drug-likeness (QED) is 0.219. The lowest BCUT2D eigenvalue weighted by atomic mass is 10.1. The van der Waals surface area contributed by atoms with E-state index in [1.54, 1.807) is 14.0 Å². The van der Waals surface area contributed by atoms with Crippen molar-refractivity contribution in [2.45, 2.75) is 25.8 Å². The molecule has 0 unspecified atom stereocenters. The van der Waals surface area contributed by atoms with E-state index < -0.39 is 0 Å². The highest BCUT2D eigenvalue weighted by Gasteiger charge is 2.00. The van der Waals surface area contributed by atoms with Crippen LogP contribution in [0, 0.1) is 0 Å².